The highest BCUT2D eigenvalue weighted by Gasteiger charge is 2.55. The summed E-state index contributed by atoms with van der Waals surface area (Å²) in [5, 5.41) is 14.1. The molecule has 1 saturated heterocycles. The predicted molar refractivity (Wildman–Crippen MR) is 127 cm³/mol. The maximum absolute atomic E-state index is 13.2. The quantitative estimate of drug-likeness (QED) is 0.746. The second kappa shape index (κ2) is 8.08. The first-order valence-electron chi connectivity index (χ1n) is 12.6. The molecule has 3 heterocycles. The molecule has 1 amide bonds. The van der Waals surface area contributed by atoms with Gasteiger partial charge in [-0.15, -0.1) is 0 Å². The average Bonchev–Trinajstić information content (AvgIpc) is 2.81. The lowest BCUT2D eigenvalue weighted by molar-refractivity contribution is -0.136. The van der Waals surface area contributed by atoms with Crippen LogP contribution >= 0.6 is 0 Å². The van der Waals surface area contributed by atoms with E-state index in [0.29, 0.717) is 29.4 Å². The zero-order valence-electron chi connectivity index (χ0n) is 19.4. The lowest BCUT2D eigenvalue weighted by atomic mass is 9.52. The van der Waals surface area contributed by atoms with Gasteiger partial charge in [0.2, 0.25) is 0 Å². The highest BCUT2D eigenvalue weighted by Crippen LogP contribution is 2.55. The first-order valence-corrected chi connectivity index (χ1v) is 12.6. The molecule has 0 radical (unpaired) electrons. The monoisotopic (exact) mass is 446 g/mol. The van der Waals surface area contributed by atoms with Crippen LogP contribution in [0.5, 0.6) is 0 Å². The largest absolute Gasteiger partial charge is 0.390 e. The molecule has 2 aromatic heterocycles. The third-order valence-corrected chi connectivity index (χ3v) is 8.73. The van der Waals surface area contributed by atoms with Gasteiger partial charge >= 0.3 is 0 Å². The molecule has 4 bridgehead atoms. The Labute approximate surface area is 195 Å². The van der Waals surface area contributed by atoms with E-state index >= 15 is 0 Å². The molecule has 4 saturated carbocycles. The van der Waals surface area contributed by atoms with E-state index in [1.54, 1.807) is 0 Å². The maximum atomic E-state index is 13.2. The van der Waals surface area contributed by atoms with E-state index in [4.69, 9.17) is 4.98 Å². The Kier molecular flexibility index (Phi) is 5.17. The number of rotatable bonds is 4. The summed E-state index contributed by atoms with van der Waals surface area (Å²) in [5.74, 6) is 2.81. The van der Waals surface area contributed by atoms with Gasteiger partial charge in [-0.25, -0.2) is 4.98 Å². The molecule has 5 fully saturated rings. The molecule has 2 aromatic rings. The van der Waals surface area contributed by atoms with Crippen molar-refractivity contribution in [1.29, 1.82) is 0 Å². The highest BCUT2D eigenvalue weighted by atomic mass is 16.3. The van der Waals surface area contributed by atoms with Gasteiger partial charge in [0.25, 0.3) is 5.91 Å². The minimum Gasteiger partial charge on any atom is -0.390 e. The Bertz CT molecular complexity index is 1010. The Morgan fingerprint density at radius 1 is 1.09 bits per heavy atom. The summed E-state index contributed by atoms with van der Waals surface area (Å²) in [6, 6.07) is 10.3. The molecule has 6 heteroatoms. The standard InChI is InChI=1S/C27H34N4O2/c1-17-5-6-20(16-28-17)19-7-9-31(10-8-19)24-4-2-3-23(29-24)26(32)30-25-21-11-18-12-22(25)15-27(33,13-18)14-21/h2-6,16,18-19,21-22,25,33H,7-15H2,1H3,(H,30,32)/t18?,21?,22?,25-,27-. The molecule has 2 N–H and O–H groups in total. The molecular weight excluding hydrogens is 412 g/mol. The number of carbonyl (C=O) groups is 1. The first-order chi connectivity index (χ1) is 16.0. The minimum absolute atomic E-state index is 0.0677. The van der Waals surface area contributed by atoms with E-state index in [-0.39, 0.29) is 11.9 Å². The molecule has 33 heavy (non-hydrogen) atoms. The van der Waals surface area contributed by atoms with Crippen LogP contribution in [0.1, 0.15) is 72.6 Å². The number of amides is 1. The van der Waals surface area contributed by atoms with Gasteiger partial charge in [-0.3, -0.25) is 9.78 Å². The van der Waals surface area contributed by atoms with E-state index in [9.17, 15) is 9.90 Å². The molecule has 5 aliphatic rings. The molecular formula is C27H34N4O2. The van der Waals surface area contributed by atoms with E-state index in [0.717, 1.165) is 69.5 Å². The Hall–Kier alpha value is -2.47. The summed E-state index contributed by atoms with van der Waals surface area (Å²) in [4.78, 5) is 24.7. The predicted octanol–water partition coefficient (Wildman–Crippen LogP) is 3.84. The van der Waals surface area contributed by atoms with E-state index in [1.807, 2.05) is 31.3 Å². The summed E-state index contributed by atoms with van der Waals surface area (Å²) < 4.78 is 0. The number of hydrogen-bond acceptors (Lipinski definition) is 5. The van der Waals surface area contributed by atoms with Gasteiger partial charge in [-0.05, 0) is 99.3 Å². The third-order valence-electron chi connectivity index (χ3n) is 8.73. The van der Waals surface area contributed by atoms with Gasteiger partial charge in [-0.1, -0.05) is 12.1 Å². The summed E-state index contributed by atoms with van der Waals surface area (Å²) in [5.41, 5.74) is 2.41. The van der Waals surface area contributed by atoms with E-state index in [2.05, 4.69) is 27.3 Å². The van der Waals surface area contributed by atoms with Crippen molar-refractivity contribution in [2.75, 3.05) is 18.0 Å². The topological polar surface area (TPSA) is 78.4 Å². The van der Waals surface area contributed by atoms with Crippen LogP contribution in [0.3, 0.4) is 0 Å². The summed E-state index contributed by atoms with van der Waals surface area (Å²) in [6.07, 6.45) is 9.07. The van der Waals surface area contributed by atoms with E-state index in [1.165, 1.54) is 5.56 Å². The van der Waals surface area contributed by atoms with E-state index < -0.39 is 5.60 Å². The van der Waals surface area contributed by atoms with Crippen LogP contribution in [0.2, 0.25) is 0 Å². The minimum atomic E-state index is -0.476. The number of aryl methyl sites for hydroxylation is 1. The third kappa shape index (κ3) is 4.03. The fourth-order valence-corrected chi connectivity index (χ4v) is 7.33. The van der Waals surface area contributed by atoms with Crippen LogP contribution in [0.15, 0.2) is 36.5 Å². The van der Waals surface area contributed by atoms with Crippen LogP contribution in [0, 0.1) is 24.7 Å². The Balaban J connectivity index is 1.10. The van der Waals surface area contributed by atoms with Crippen molar-refractivity contribution in [3.63, 3.8) is 0 Å². The highest BCUT2D eigenvalue weighted by molar-refractivity contribution is 5.93. The molecule has 4 aliphatic carbocycles. The number of carbonyl (C=O) groups excluding carboxylic acids is 1. The number of piperidine rings is 1. The number of aliphatic hydroxyl groups is 1. The van der Waals surface area contributed by atoms with Crippen molar-refractivity contribution in [3.05, 3.63) is 53.5 Å². The van der Waals surface area contributed by atoms with Crippen molar-refractivity contribution in [3.8, 4) is 0 Å². The summed E-state index contributed by atoms with van der Waals surface area (Å²) in [6.45, 7) is 3.89. The fourth-order valence-electron chi connectivity index (χ4n) is 7.33. The number of pyridine rings is 2. The maximum Gasteiger partial charge on any atom is 0.270 e. The summed E-state index contributed by atoms with van der Waals surface area (Å²) >= 11 is 0. The van der Waals surface area contributed by atoms with Crippen molar-refractivity contribution in [2.24, 2.45) is 17.8 Å². The number of nitrogens with one attached hydrogen (secondary N) is 1. The molecule has 174 valence electrons. The van der Waals surface area contributed by atoms with Crippen LogP contribution in [0.4, 0.5) is 5.82 Å². The number of nitrogens with zero attached hydrogens (tertiary/aromatic N) is 3. The molecule has 7 rings (SSSR count). The van der Waals surface area contributed by atoms with Crippen molar-refractivity contribution in [1.82, 2.24) is 15.3 Å². The van der Waals surface area contributed by atoms with Gasteiger partial charge in [0.05, 0.1) is 5.60 Å². The molecule has 2 atom stereocenters. The fraction of sp³-hybridized carbons (Fsp3) is 0.593. The average molecular weight is 447 g/mol. The zero-order chi connectivity index (χ0) is 22.6. The van der Waals surface area contributed by atoms with Crippen molar-refractivity contribution in [2.45, 2.75) is 69.4 Å². The summed E-state index contributed by atoms with van der Waals surface area (Å²) in [7, 11) is 0. The molecule has 1 aliphatic heterocycles. The zero-order valence-corrected chi connectivity index (χ0v) is 19.4. The second-order valence-corrected chi connectivity index (χ2v) is 11.1. The Morgan fingerprint density at radius 3 is 2.52 bits per heavy atom. The lowest BCUT2D eigenvalue weighted by Gasteiger charge is -2.58. The second-order valence-electron chi connectivity index (χ2n) is 11.1. The van der Waals surface area contributed by atoms with Gasteiger partial charge in [0.15, 0.2) is 0 Å². The van der Waals surface area contributed by atoms with Crippen LogP contribution in [-0.2, 0) is 0 Å². The molecule has 0 spiro atoms. The number of hydrogen-bond donors (Lipinski definition) is 2. The van der Waals surface area contributed by atoms with Crippen molar-refractivity contribution >= 4 is 11.7 Å². The SMILES string of the molecule is Cc1ccc(C2CCN(c3cccc(C(=O)N[C@H]4C5CC6CC4C[C@](O)(C6)C5)n3)CC2)cn1. The smallest absolute Gasteiger partial charge is 0.270 e. The lowest BCUT2D eigenvalue weighted by Crippen LogP contribution is -2.61. The normalized spacial score (nSPS) is 33.3. The first kappa shape index (κ1) is 21.1. The number of anilines is 1. The van der Waals surface area contributed by atoms with Crippen LogP contribution in [-0.4, -0.2) is 45.7 Å². The van der Waals surface area contributed by atoms with Gasteiger partial charge in [0.1, 0.15) is 11.5 Å². The molecule has 2 unspecified atom stereocenters. The molecule has 6 nitrogen and oxygen atoms in total. The molecule has 0 aromatic carbocycles. The van der Waals surface area contributed by atoms with Crippen LogP contribution in [0.25, 0.3) is 0 Å². The van der Waals surface area contributed by atoms with Gasteiger partial charge in [-0.2, -0.15) is 0 Å². The van der Waals surface area contributed by atoms with Gasteiger partial charge < -0.3 is 15.3 Å². The Morgan fingerprint density at radius 2 is 1.85 bits per heavy atom. The number of aromatic nitrogens is 2. The van der Waals surface area contributed by atoms with Crippen LogP contribution < -0.4 is 10.2 Å². The van der Waals surface area contributed by atoms with Gasteiger partial charge in [0, 0.05) is 31.0 Å². The van der Waals surface area contributed by atoms with Crippen molar-refractivity contribution < 1.29 is 9.90 Å².